The minimum Gasteiger partial charge on any atom is -0.338 e. The van der Waals surface area contributed by atoms with Crippen LogP contribution in [0.4, 0.5) is 5.69 Å². The smallest absolute Gasteiger partial charge is 0.224 e. The van der Waals surface area contributed by atoms with E-state index >= 15 is 0 Å². The molecule has 1 N–H and O–H groups in total. The lowest BCUT2D eigenvalue weighted by atomic mass is 9.94. The van der Waals surface area contributed by atoms with Crippen LogP contribution in [0.15, 0.2) is 24.3 Å². The predicted octanol–water partition coefficient (Wildman–Crippen LogP) is 3.96. The van der Waals surface area contributed by atoms with Crippen molar-refractivity contribution < 1.29 is 9.59 Å². The van der Waals surface area contributed by atoms with E-state index in [0.717, 1.165) is 42.5 Å². The van der Waals surface area contributed by atoms with Crippen molar-refractivity contribution in [1.82, 2.24) is 4.90 Å². The number of nitrogens with zero attached hydrogens (tertiary/aromatic N) is 1. The van der Waals surface area contributed by atoms with Crippen molar-refractivity contribution in [3.63, 3.8) is 0 Å². The molecule has 3 fully saturated rings. The number of likely N-dealkylation sites (tertiary alicyclic amines) is 1. The summed E-state index contributed by atoms with van der Waals surface area (Å²) in [7, 11) is 0. The Hall–Kier alpha value is -1.84. The summed E-state index contributed by atoms with van der Waals surface area (Å²) in [4.78, 5) is 26.4. The third kappa shape index (κ3) is 4.42. The van der Waals surface area contributed by atoms with Gasteiger partial charge < -0.3 is 10.2 Å². The molecule has 4 heteroatoms. The maximum atomic E-state index is 12.5. The molecule has 0 aromatic heterocycles. The fourth-order valence-electron chi connectivity index (χ4n) is 4.19. The number of hydrogen-bond acceptors (Lipinski definition) is 2. The number of amides is 2. The van der Waals surface area contributed by atoms with Crippen molar-refractivity contribution in [2.24, 2.45) is 17.8 Å². The van der Waals surface area contributed by atoms with Crippen molar-refractivity contribution >= 4 is 17.5 Å². The molecular formula is C21H28N2O2. The van der Waals surface area contributed by atoms with Crippen molar-refractivity contribution in [3.05, 3.63) is 29.8 Å². The number of hydrogen-bond donors (Lipinski definition) is 1. The van der Waals surface area contributed by atoms with Gasteiger partial charge in [-0.2, -0.15) is 0 Å². The number of nitrogens with one attached hydrogen (secondary N) is 1. The summed E-state index contributed by atoms with van der Waals surface area (Å²) in [6, 6.07) is 7.97. The average Bonchev–Trinajstić information content (AvgIpc) is 3.48. The van der Waals surface area contributed by atoms with Gasteiger partial charge in [-0.1, -0.05) is 12.1 Å². The molecule has 2 amide bonds. The van der Waals surface area contributed by atoms with Gasteiger partial charge in [-0.25, -0.2) is 0 Å². The molecule has 25 heavy (non-hydrogen) atoms. The minimum absolute atomic E-state index is 0.148. The third-order valence-electron chi connectivity index (χ3n) is 5.88. The molecule has 0 bridgehead atoms. The fraction of sp³-hybridized carbons (Fsp3) is 0.619. The molecule has 4 rings (SSSR count). The molecule has 1 aromatic carbocycles. The third-order valence-corrected chi connectivity index (χ3v) is 5.88. The summed E-state index contributed by atoms with van der Waals surface area (Å²) >= 11 is 0. The van der Waals surface area contributed by atoms with Crippen LogP contribution in [0.3, 0.4) is 0 Å². The van der Waals surface area contributed by atoms with Gasteiger partial charge in [0.05, 0.1) is 0 Å². The van der Waals surface area contributed by atoms with E-state index in [0.29, 0.717) is 25.3 Å². The van der Waals surface area contributed by atoms with Gasteiger partial charge in [-0.3, -0.25) is 9.59 Å². The normalized spacial score (nSPS) is 20.8. The van der Waals surface area contributed by atoms with Crippen molar-refractivity contribution in [2.75, 3.05) is 11.9 Å². The van der Waals surface area contributed by atoms with Gasteiger partial charge in [0.15, 0.2) is 0 Å². The van der Waals surface area contributed by atoms with Crippen LogP contribution in [0.2, 0.25) is 0 Å². The lowest BCUT2D eigenvalue weighted by Crippen LogP contribution is -2.34. The number of carbonyl (C=O) groups excluding carboxylic acids is 2. The second kappa shape index (κ2) is 7.19. The van der Waals surface area contributed by atoms with Crippen LogP contribution in [-0.2, 0) is 16.1 Å². The molecule has 0 atom stereocenters. The Balaban J connectivity index is 1.34. The zero-order valence-corrected chi connectivity index (χ0v) is 14.9. The Kier molecular flexibility index (Phi) is 4.78. The maximum absolute atomic E-state index is 12.5. The summed E-state index contributed by atoms with van der Waals surface area (Å²) in [5.41, 5.74) is 1.95. The van der Waals surface area contributed by atoms with E-state index in [1.54, 1.807) is 0 Å². The molecule has 1 aliphatic heterocycles. The Morgan fingerprint density at radius 3 is 2.60 bits per heavy atom. The lowest BCUT2D eigenvalue weighted by Gasteiger charge is -2.26. The largest absolute Gasteiger partial charge is 0.338 e. The number of benzene rings is 1. The molecule has 0 spiro atoms. The van der Waals surface area contributed by atoms with E-state index in [4.69, 9.17) is 0 Å². The van der Waals surface area contributed by atoms with Crippen LogP contribution in [0.5, 0.6) is 0 Å². The summed E-state index contributed by atoms with van der Waals surface area (Å²) in [6.45, 7) is 1.50. The average molecular weight is 340 g/mol. The first-order chi connectivity index (χ1) is 12.2. The van der Waals surface area contributed by atoms with E-state index in [-0.39, 0.29) is 11.8 Å². The first kappa shape index (κ1) is 16.6. The molecule has 1 aromatic rings. The first-order valence-electron chi connectivity index (χ1n) is 9.85. The van der Waals surface area contributed by atoms with Crippen LogP contribution >= 0.6 is 0 Å². The quantitative estimate of drug-likeness (QED) is 0.816. The van der Waals surface area contributed by atoms with Gasteiger partial charge in [-0.15, -0.1) is 0 Å². The number of anilines is 1. The highest BCUT2D eigenvalue weighted by Crippen LogP contribution is 2.50. The van der Waals surface area contributed by atoms with Gasteiger partial charge in [-0.05, 0) is 74.0 Å². The topological polar surface area (TPSA) is 49.4 Å². The molecule has 2 saturated carbocycles. The highest BCUT2D eigenvalue weighted by molar-refractivity contribution is 5.91. The second-order valence-electron chi connectivity index (χ2n) is 8.06. The summed E-state index contributed by atoms with van der Waals surface area (Å²) < 4.78 is 0. The zero-order valence-electron chi connectivity index (χ0n) is 14.9. The van der Waals surface area contributed by atoms with Crippen molar-refractivity contribution in [2.45, 2.75) is 57.9 Å². The number of carbonyl (C=O) groups is 2. The van der Waals surface area contributed by atoms with Gasteiger partial charge in [0.25, 0.3) is 0 Å². The van der Waals surface area contributed by atoms with E-state index in [9.17, 15) is 9.59 Å². The van der Waals surface area contributed by atoms with Gasteiger partial charge >= 0.3 is 0 Å². The number of piperidine rings is 1. The maximum Gasteiger partial charge on any atom is 0.224 e. The van der Waals surface area contributed by atoms with Crippen LogP contribution in [0.25, 0.3) is 0 Å². The Labute approximate surface area is 150 Å². The monoisotopic (exact) mass is 340 g/mol. The van der Waals surface area contributed by atoms with E-state index in [1.165, 1.54) is 25.7 Å². The minimum atomic E-state index is 0.148. The SMILES string of the molecule is O=C(CC(C1CC1)C1CC1)Nc1cccc(CN2CCCCC2=O)c1. The second-order valence-corrected chi connectivity index (χ2v) is 8.06. The van der Waals surface area contributed by atoms with Gasteiger partial charge in [0.2, 0.25) is 11.8 Å². The standard InChI is InChI=1S/C21H28N2O2/c24-20(13-19(16-7-8-16)17-9-10-17)22-18-5-3-4-15(12-18)14-23-11-2-1-6-21(23)25/h3-5,12,16-17,19H,1-2,6-11,13-14H2,(H,22,24). The fourth-order valence-corrected chi connectivity index (χ4v) is 4.19. The summed E-state index contributed by atoms with van der Waals surface area (Å²) in [5, 5.41) is 3.08. The summed E-state index contributed by atoms with van der Waals surface area (Å²) in [6.07, 6.45) is 8.69. The highest BCUT2D eigenvalue weighted by Gasteiger charge is 2.42. The summed E-state index contributed by atoms with van der Waals surface area (Å²) in [5.74, 6) is 2.60. The van der Waals surface area contributed by atoms with Crippen molar-refractivity contribution in [1.29, 1.82) is 0 Å². The van der Waals surface area contributed by atoms with Crippen molar-refractivity contribution in [3.8, 4) is 0 Å². The number of rotatable bonds is 7. The molecule has 3 aliphatic rings. The van der Waals surface area contributed by atoms with Crippen LogP contribution in [-0.4, -0.2) is 23.3 Å². The first-order valence-corrected chi connectivity index (χ1v) is 9.85. The molecule has 4 nitrogen and oxygen atoms in total. The molecule has 2 aliphatic carbocycles. The van der Waals surface area contributed by atoms with E-state index < -0.39 is 0 Å². The van der Waals surface area contributed by atoms with Gasteiger partial charge in [0, 0.05) is 31.6 Å². The lowest BCUT2D eigenvalue weighted by molar-refractivity contribution is -0.133. The van der Waals surface area contributed by atoms with Crippen LogP contribution < -0.4 is 5.32 Å². The highest BCUT2D eigenvalue weighted by atomic mass is 16.2. The molecule has 0 unspecified atom stereocenters. The molecule has 0 radical (unpaired) electrons. The van der Waals surface area contributed by atoms with E-state index in [1.807, 2.05) is 29.2 Å². The zero-order chi connectivity index (χ0) is 17.2. The molecule has 1 saturated heterocycles. The Bertz CT molecular complexity index is 637. The Morgan fingerprint density at radius 1 is 1.16 bits per heavy atom. The molecule has 134 valence electrons. The molecule has 1 heterocycles. The Morgan fingerprint density at radius 2 is 1.92 bits per heavy atom. The van der Waals surface area contributed by atoms with Crippen LogP contribution in [0, 0.1) is 17.8 Å². The molecular weight excluding hydrogens is 312 g/mol. The van der Waals surface area contributed by atoms with Crippen LogP contribution in [0.1, 0.15) is 56.9 Å². The van der Waals surface area contributed by atoms with Gasteiger partial charge in [0.1, 0.15) is 0 Å². The predicted molar refractivity (Wildman–Crippen MR) is 97.9 cm³/mol. The van der Waals surface area contributed by atoms with E-state index in [2.05, 4.69) is 5.32 Å².